The standard InChI is InChI=1S/C13H18N4OS/c1-16-7-9-17(10-8-16)15-13(19)14-12(18)11-5-3-2-4-6-11/h2-6H,7-10H2,1H3,(H2,14,15,18,19). The first-order valence-electron chi connectivity index (χ1n) is 6.25. The second-order valence-electron chi connectivity index (χ2n) is 4.55. The van der Waals surface area contributed by atoms with Gasteiger partial charge in [-0.15, -0.1) is 0 Å². The van der Waals surface area contributed by atoms with Gasteiger partial charge in [0, 0.05) is 31.7 Å². The van der Waals surface area contributed by atoms with E-state index in [9.17, 15) is 4.79 Å². The molecule has 2 rings (SSSR count). The minimum atomic E-state index is -0.188. The number of piperazine rings is 1. The molecule has 1 aliphatic rings. The van der Waals surface area contributed by atoms with E-state index in [4.69, 9.17) is 12.2 Å². The number of hydrazine groups is 1. The molecule has 6 heteroatoms. The molecule has 1 amide bonds. The van der Waals surface area contributed by atoms with Crippen molar-refractivity contribution >= 4 is 23.2 Å². The number of rotatable bonds is 2. The summed E-state index contributed by atoms with van der Waals surface area (Å²) in [6.45, 7) is 3.75. The molecule has 102 valence electrons. The molecule has 0 unspecified atom stereocenters. The van der Waals surface area contributed by atoms with E-state index in [-0.39, 0.29) is 5.91 Å². The number of carbonyl (C=O) groups excluding carboxylic acids is 1. The van der Waals surface area contributed by atoms with Crippen molar-refractivity contribution in [1.29, 1.82) is 0 Å². The monoisotopic (exact) mass is 278 g/mol. The average Bonchev–Trinajstić information content (AvgIpc) is 2.42. The van der Waals surface area contributed by atoms with Crippen LogP contribution < -0.4 is 10.7 Å². The first kappa shape index (κ1) is 13.9. The third-order valence-corrected chi connectivity index (χ3v) is 3.22. The van der Waals surface area contributed by atoms with Crippen molar-refractivity contribution in [3.8, 4) is 0 Å². The molecule has 0 saturated carbocycles. The van der Waals surface area contributed by atoms with E-state index in [0.717, 1.165) is 26.2 Å². The fourth-order valence-electron chi connectivity index (χ4n) is 1.85. The van der Waals surface area contributed by atoms with E-state index in [1.165, 1.54) is 0 Å². The lowest BCUT2D eigenvalue weighted by Gasteiger charge is -2.32. The van der Waals surface area contributed by atoms with Crippen LogP contribution in [0, 0.1) is 0 Å². The molecule has 1 saturated heterocycles. The molecule has 0 atom stereocenters. The van der Waals surface area contributed by atoms with Crippen LogP contribution in [0.1, 0.15) is 10.4 Å². The smallest absolute Gasteiger partial charge is 0.257 e. The molecule has 0 aliphatic carbocycles. The van der Waals surface area contributed by atoms with Gasteiger partial charge in [-0.05, 0) is 31.4 Å². The molecular weight excluding hydrogens is 260 g/mol. The van der Waals surface area contributed by atoms with Crippen LogP contribution in [-0.2, 0) is 0 Å². The molecule has 19 heavy (non-hydrogen) atoms. The van der Waals surface area contributed by atoms with Crippen molar-refractivity contribution in [3.63, 3.8) is 0 Å². The zero-order chi connectivity index (χ0) is 13.7. The Bertz CT molecular complexity index is 443. The molecule has 1 aromatic carbocycles. The number of likely N-dealkylation sites (N-methyl/N-ethyl adjacent to an activating group) is 1. The van der Waals surface area contributed by atoms with Gasteiger partial charge < -0.3 is 4.90 Å². The van der Waals surface area contributed by atoms with Crippen molar-refractivity contribution in [2.24, 2.45) is 0 Å². The molecule has 1 aromatic rings. The molecule has 5 nitrogen and oxygen atoms in total. The molecule has 1 heterocycles. The summed E-state index contributed by atoms with van der Waals surface area (Å²) in [5, 5.41) is 5.05. The summed E-state index contributed by atoms with van der Waals surface area (Å²) >= 11 is 5.14. The highest BCUT2D eigenvalue weighted by molar-refractivity contribution is 7.80. The van der Waals surface area contributed by atoms with Gasteiger partial charge in [0.05, 0.1) is 0 Å². The first-order valence-corrected chi connectivity index (χ1v) is 6.66. The van der Waals surface area contributed by atoms with Crippen molar-refractivity contribution in [3.05, 3.63) is 35.9 Å². The summed E-state index contributed by atoms with van der Waals surface area (Å²) in [5.74, 6) is -0.188. The summed E-state index contributed by atoms with van der Waals surface area (Å²) in [6, 6.07) is 9.04. The van der Waals surface area contributed by atoms with Gasteiger partial charge in [0.2, 0.25) is 0 Å². The number of carbonyl (C=O) groups is 1. The third-order valence-electron chi connectivity index (χ3n) is 3.03. The third kappa shape index (κ3) is 4.27. The number of nitrogens with zero attached hydrogens (tertiary/aromatic N) is 2. The topological polar surface area (TPSA) is 47.6 Å². The lowest BCUT2D eigenvalue weighted by atomic mass is 10.2. The number of thiocarbonyl (C=S) groups is 1. The summed E-state index contributed by atoms with van der Waals surface area (Å²) in [6.07, 6.45) is 0. The maximum atomic E-state index is 11.9. The van der Waals surface area contributed by atoms with Gasteiger partial charge in [-0.25, -0.2) is 5.01 Å². The summed E-state index contributed by atoms with van der Waals surface area (Å²) in [7, 11) is 2.09. The molecule has 0 bridgehead atoms. The molecule has 1 fully saturated rings. The van der Waals surface area contributed by atoms with Crippen LogP contribution in [0.3, 0.4) is 0 Å². The first-order chi connectivity index (χ1) is 9.15. The van der Waals surface area contributed by atoms with Crippen LogP contribution in [0.2, 0.25) is 0 Å². The van der Waals surface area contributed by atoms with Gasteiger partial charge in [-0.1, -0.05) is 18.2 Å². The van der Waals surface area contributed by atoms with Gasteiger partial charge in [0.15, 0.2) is 5.11 Å². The van der Waals surface area contributed by atoms with E-state index in [2.05, 4.69) is 22.7 Å². The largest absolute Gasteiger partial charge is 0.304 e. The highest BCUT2D eigenvalue weighted by Gasteiger charge is 2.15. The fourth-order valence-corrected chi connectivity index (χ4v) is 2.08. The highest BCUT2D eigenvalue weighted by Crippen LogP contribution is 1.98. The van der Waals surface area contributed by atoms with Crippen LogP contribution in [0.4, 0.5) is 0 Å². The van der Waals surface area contributed by atoms with Crippen LogP contribution >= 0.6 is 12.2 Å². The number of hydrogen-bond donors (Lipinski definition) is 2. The van der Waals surface area contributed by atoms with Gasteiger partial charge in [0.1, 0.15) is 0 Å². The quantitative estimate of drug-likeness (QED) is 0.770. The Hall–Kier alpha value is -1.50. The second kappa shape index (κ2) is 6.60. The van der Waals surface area contributed by atoms with Crippen molar-refractivity contribution in [2.45, 2.75) is 0 Å². The Morgan fingerprint density at radius 2 is 1.79 bits per heavy atom. The zero-order valence-corrected chi connectivity index (χ0v) is 11.7. The van der Waals surface area contributed by atoms with E-state index < -0.39 is 0 Å². The molecule has 1 aliphatic heterocycles. The lowest BCUT2D eigenvalue weighted by molar-refractivity contribution is 0.0967. The Labute approximate surface area is 118 Å². The minimum Gasteiger partial charge on any atom is -0.304 e. The summed E-state index contributed by atoms with van der Waals surface area (Å²) in [5.41, 5.74) is 3.65. The van der Waals surface area contributed by atoms with Gasteiger partial charge in [-0.2, -0.15) is 0 Å². The summed E-state index contributed by atoms with van der Waals surface area (Å²) < 4.78 is 0. The molecule has 2 N–H and O–H groups in total. The van der Waals surface area contributed by atoms with Crippen LogP contribution in [-0.4, -0.2) is 54.2 Å². The van der Waals surface area contributed by atoms with Gasteiger partial charge >= 0.3 is 0 Å². The van der Waals surface area contributed by atoms with E-state index in [0.29, 0.717) is 10.7 Å². The van der Waals surface area contributed by atoms with Gasteiger partial charge in [0.25, 0.3) is 5.91 Å². The number of nitrogens with one attached hydrogen (secondary N) is 2. The SMILES string of the molecule is CN1CCN(NC(=S)NC(=O)c2ccccc2)CC1. The Morgan fingerprint density at radius 3 is 2.42 bits per heavy atom. The number of amides is 1. The van der Waals surface area contributed by atoms with E-state index >= 15 is 0 Å². The molecule has 0 aromatic heterocycles. The van der Waals surface area contributed by atoms with Crippen molar-refractivity contribution in [1.82, 2.24) is 20.7 Å². The Morgan fingerprint density at radius 1 is 1.16 bits per heavy atom. The predicted octanol–water partition coefficient (Wildman–Crippen LogP) is 0.453. The summed E-state index contributed by atoms with van der Waals surface area (Å²) in [4.78, 5) is 14.1. The van der Waals surface area contributed by atoms with Crippen molar-refractivity contribution < 1.29 is 4.79 Å². The second-order valence-corrected chi connectivity index (χ2v) is 4.96. The molecular formula is C13H18N4OS. The van der Waals surface area contributed by atoms with Gasteiger partial charge in [-0.3, -0.25) is 15.5 Å². The minimum absolute atomic E-state index is 0.188. The Balaban J connectivity index is 1.80. The number of hydrogen-bond acceptors (Lipinski definition) is 4. The van der Waals surface area contributed by atoms with Crippen LogP contribution in [0.15, 0.2) is 30.3 Å². The normalized spacial score (nSPS) is 16.9. The fraction of sp³-hybridized carbons (Fsp3) is 0.385. The number of benzene rings is 1. The Kier molecular flexibility index (Phi) is 4.84. The molecule has 0 radical (unpaired) electrons. The van der Waals surface area contributed by atoms with E-state index in [1.807, 2.05) is 23.2 Å². The maximum Gasteiger partial charge on any atom is 0.257 e. The average molecular weight is 278 g/mol. The van der Waals surface area contributed by atoms with Crippen LogP contribution in [0.5, 0.6) is 0 Å². The zero-order valence-electron chi connectivity index (χ0n) is 10.9. The molecule has 0 spiro atoms. The van der Waals surface area contributed by atoms with E-state index in [1.54, 1.807) is 12.1 Å². The predicted molar refractivity (Wildman–Crippen MR) is 78.7 cm³/mol. The lowest BCUT2D eigenvalue weighted by Crippen LogP contribution is -2.55. The maximum absolute atomic E-state index is 11.9. The highest BCUT2D eigenvalue weighted by atomic mass is 32.1. The van der Waals surface area contributed by atoms with Crippen LogP contribution in [0.25, 0.3) is 0 Å². The van der Waals surface area contributed by atoms with Crippen molar-refractivity contribution in [2.75, 3.05) is 33.2 Å².